The number of carbonyl (C=O) groups is 1. The summed E-state index contributed by atoms with van der Waals surface area (Å²) < 4.78 is 0. The number of ketones is 1. The number of aromatic amines is 1. The highest BCUT2D eigenvalue weighted by Crippen LogP contribution is 2.40. The Morgan fingerprint density at radius 1 is 1.30 bits per heavy atom. The van der Waals surface area contributed by atoms with Crippen molar-refractivity contribution in [3.63, 3.8) is 0 Å². The van der Waals surface area contributed by atoms with Gasteiger partial charge in [0.25, 0.3) is 5.56 Å². The summed E-state index contributed by atoms with van der Waals surface area (Å²) in [5.41, 5.74) is 2.67. The van der Waals surface area contributed by atoms with Crippen LogP contribution in [-0.4, -0.2) is 21.5 Å². The van der Waals surface area contributed by atoms with E-state index in [9.17, 15) is 20.0 Å². The van der Waals surface area contributed by atoms with Crippen LogP contribution in [0.3, 0.4) is 0 Å². The fourth-order valence-corrected chi connectivity index (χ4v) is 3.58. The molecule has 1 saturated carbocycles. The average molecular weight is 364 g/mol. The summed E-state index contributed by atoms with van der Waals surface area (Å²) in [4.78, 5) is 29.0. The lowest BCUT2D eigenvalue weighted by Gasteiger charge is -2.20. The zero-order chi connectivity index (χ0) is 19.9. The second kappa shape index (κ2) is 6.79. The molecule has 0 atom stereocenters. The molecule has 1 heterocycles. The zero-order valence-electron chi connectivity index (χ0n) is 16.1. The fraction of sp³-hybridized carbons (Fsp3) is 0.409. The Labute approximate surface area is 158 Å². The van der Waals surface area contributed by atoms with Gasteiger partial charge in [-0.1, -0.05) is 13.8 Å². The Hall–Kier alpha value is -2.71. The van der Waals surface area contributed by atoms with Crippen LogP contribution in [0.2, 0.25) is 0 Å². The molecule has 0 amide bonds. The number of carbonyl (C=O) groups excluding carboxylic acids is 1. The molecule has 5 heteroatoms. The number of hydrogen-bond acceptors (Lipinski definition) is 4. The molecule has 0 unspecified atom stereocenters. The molecule has 2 N–H and O–H groups in total. The van der Waals surface area contributed by atoms with Crippen LogP contribution in [0.15, 0.2) is 23.0 Å². The van der Waals surface area contributed by atoms with Gasteiger partial charge in [-0.2, -0.15) is 5.26 Å². The second-order valence-electron chi connectivity index (χ2n) is 7.93. The zero-order valence-corrected chi connectivity index (χ0v) is 16.1. The summed E-state index contributed by atoms with van der Waals surface area (Å²) in [6.45, 7) is 7.35. The third-order valence-electron chi connectivity index (χ3n) is 5.18. The van der Waals surface area contributed by atoms with Crippen LogP contribution < -0.4 is 5.56 Å². The van der Waals surface area contributed by atoms with Gasteiger partial charge < -0.3 is 10.1 Å². The monoisotopic (exact) mass is 364 g/mol. The number of aliphatic hydroxyl groups is 1. The maximum absolute atomic E-state index is 13.5. The number of aryl methyl sites for hydroxylation is 2. The highest BCUT2D eigenvalue weighted by Gasteiger charge is 2.42. The molecule has 0 radical (unpaired) electrons. The number of benzene rings is 1. The summed E-state index contributed by atoms with van der Waals surface area (Å²) in [5, 5.41) is 19.7. The Balaban J connectivity index is 2.26. The maximum Gasteiger partial charge on any atom is 0.252 e. The van der Waals surface area contributed by atoms with E-state index >= 15 is 0 Å². The van der Waals surface area contributed by atoms with Gasteiger partial charge >= 0.3 is 0 Å². The minimum Gasteiger partial charge on any atom is -0.390 e. The Bertz CT molecular complexity index is 1020. The predicted molar refractivity (Wildman–Crippen MR) is 103 cm³/mol. The number of hydrogen-bond donors (Lipinski definition) is 2. The quantitative estimate of drug-likeness (QED) is 0.796. The Morgan fingerprint density at radius 3 is 2.52 bits per heavy atom. The van der Waals surface area contributed by atoms with Gasteiger partial charge in [-0.3, -0.25) is 9.59 Å². The topological polar surface area (TPSA) is 93.9 Å². The van der Waals surface area contributed by atoms with Crippen LogP contribution >= 0.6 is 0 Å². The van der Waals surface area contributed by atoms with E-state index in [1.807, 2.05) is 20.8 Å². The first-order chi connectivity index (χ1) is 12.6. The van der Waals surface area contributed by atoms with Gasteiger partial charge in [-0.25, -0.2) is 0 Å². The first-order valence-electron chi connectivity index (χ1n) is 9.20. The van der Waals surface area contributed by atoms with E-state index in [2.05, 4.69) is 11.1 Å². The van der Waals surface area contributed by atoms with E-state index in [4.69, 9.17) is 0 Å². The van der Waals surface area contributed by atoms with Crippen molar-refractivity contribution in [3.05, 3.63) is 67.6 Å². The minimum atomic E-state index is -0.795. The van der Waals surface area contributed by atoms with Gasteiger partial charge in [0.1, 0.15) is 0 Å². The lowest BCUT2D eigenvalue weighted by atomic mass is 9.86. The number of aromatic nitrogens is 1. The highest BCUT2D eigenvalue weighted by atomic mass is 16.3. The first-order valence-corrected chi connectivity index (χ1v) is 9.20. The lowest BCUT2D eigenvalue weighted by Crippen LogP contribution is -2.26. The SMILES string of the molecule is Cc1cc(C#N)cc(C(=O)c2c(CC3(O)CC3)c(C)[nH]c(=O)c2C(C)C)c1. The summed E-state index contributed by atoms with van der Waals surface area (Å²) in [6, 6.07) is 7.09. The first kappa shape index (κ1) is 19.1. The van der Waals surface area contributed by atoms with Crippen molar-refractivity contribution in [2.75, 3.05) is 0 Å². The summed E-state index contributed by atoms with van der Waals surface area (Å²) in [6.07, 6.45) is 1.73. The molecule has 1 aliphatic carbocycles. The van der Waals surface area contributed by atoms with Gasteiger partial charge in [-0.15, -0.1) is 0 Å². The van der Waals surface area contributed by atoms with E-state index in [0.29, 0.717) is 52.8 Å². The maximum atomic E-state index is 13.5. The molecule has 5 nitrogen and oxygen atoms in total. The molecule has 2 aromatic rings. The number of H-pyrrole nitrogens is 1. The molecular formula is C22H24N2O3. The minimum absolute atomic E-state index is 0.152. The van der Waals surface area contributed by atoms with Crippen LogP contribution in [0.4, 0.5) is 0 Å². The van der Waals surface area contributed by atoms with Crippen molar-refractivity contribution in [2.24, 2.45) is 0 Å². The molecule has 3 rings (SSSR count). The van der Waals surface area contributed by atoms with Gasteiger partial charge in [-0.05, 0) is 61.9 Å². The third-order valence-corrected chi connectivity index (χ3v) is 5.18. The van der Waals surface area contributed by atoms with Gasteiger partial charge in [0, 0.05) is 28.8 Å². The predicted octanol–water partition coefficient (Wildman–Crippen LogP) is 3.29. The van der Waals surface area contributed by atoms with E-state index < -0.39 is 5.60 Å². The van der Waals surface area contributed by atoms with Crippen molar-refractivity contribution in [1.82, 2.24) is 4.98 Å². The molecule has 0 saturated heterocycles. The van der Waals surface area contributed by atoms with E-state index in [-0.39, 0.29) is 17.3 Å². The smallest absolute Gasteiger partial charge is 0.252 e. The standard InChI is InChI=1S/C22H24N2O3/c1-12(2)18-19(20(25)16-8-13(3)7-15(9-16)11-23)17(10-22(27)5-6-22)14(4)24-21(18)26/h7-9,12,27H,5-6,10H2,1-4H3,(H,24,26). The molecule has 1 aliphatic rings. The van der Waals surface area contributed by atoms with Gasteiger partial charge in [0.05, 0.1) is 17.2 Å². The molecule has 1 aromatic carbocycles. The van der Waals surface area contributed by atoms with Gasteiger partial charge in [0.15, 0.2) is 5.78 Å². The van der Waals surface area contributed by atoms with E-state index in [0.717, 1.165) is 5.56 Å². The van der Waals surface area contributed by atoms with Crippen LogP contribution in [0.25, 0.3) is 0 Å². The summed E-state index contributed by atoms with van der Waals surface area (Å²) in [5.74, 6) is -0.423. The molecular weight excluding hydrogens is 340 g/mol. The van der Waals surface area contributed by atoms with Crippen molar-refractivity contribution >= 4 is 5.78 Å². The summed E-state index contributed by atoms with van der Waals surface area (Å²) in [7, 11) is 0. The Morgan fingerprint density at radius 2 is 1.96 bits per heavy atom. The lowest BCUT2D eigenvalue weighted by molar-refractivity contribution is 0.103. The van der Waals surface area contributed by atoms with Crippen molar-refractivity contribution < 1.29 is 9.90 Å². The number of nitriles is 1. The van der Waals surface area contributed by atoms with Crippen LogP contribution in [0.1, 0.15) is 76.5 Å². The van der Waals surface area contributed by atoms with Crippen molar-refractivity contribution in [3.8, 4) is 6.07 Å². The Kier molecular flexibility index (Phi) is 4.79. The fourth-order valence-electron chi connectivity index (χ4n) is 3.58. The molecule has 1 fully saturated rings. The number of rotatable bonds is 5. The van der Waals surface area contributed by atoms with Crippen LogP contribution in [0, 0.1) is 25.2 Å². The molecule has 0 bridgehead atoms. The van der Waals surface area contributed by atoms with Crippen LogP contribution in [0.5, 0.6) is 0 Å². The van der Waals surface area contributed by atoms with E-state index in [1.54, 1.807) is 25.1 Å². The molecule has 0 aliphatic heterocycles. The molecule has 140 valence electrons. The molecule has 0 spiro atoms. The second-order valence-corrected chi connectivity index (χ2v) is 7.93. The number of nitrogens with zero attached hydrogens (tertiary/aromatic N) is 1. The van der Waals surface area contributed by atoms with Gasteiger partial charge in [0.2, 0.25) is 0 Å². The van der Waals surface area contributed by atoms with Crippen molar-refractivity contribution in [1.29, 1.82) is 5.26 Å². The van der Waals surface area contributed by atoms with Crippen LogP contribution in [-0.2, 0) is 6.42 Å². The number of nitrogens with one attached hydrogen (secondary N) is 1. The highest BCUT2D eigenvalue weighted by molar-refractivity contribution is 6.11. The summed E-state index contributed by atoms with van der Waals surface area (Å²) >= 11 is 0. The van der Waals surface area contributed by atoms with Crippen molar-refractivity contribution in [2.45, 2.75) is 58.5 Å². The third kappa shape index (κ3) is 3.72. The molecule has 27 heavy (non-hydrogen) atoms. The average Bonchev–Trinajstić information content (AvgIpc) is 3.32. The normalized spacial score (nSPS) is 14.9. The largest absolute Gasteiger partial charge is 0.390 e. The molecule has 1 aromatic heterocycles. The van der Waals surface area contributed by atoms with E-state index in [1.165, 1.54) is 0 Å². The number of pyridine rings is 1.